The number of phenolic OH excluding ortho intramolecular Hbond substituents is 1. The zero-order chi connectivity index (χ0) is 27.8. The molecule has 2 unspecified atom stereocenters. The van der Waals surface area contributed by atoms with Gasteiger partial charge in [-0.2, -0.15) is 0 Å². The summed E-state index contributed by atoms with van der Waals surface area (Å²) in [6.07, 6.45) is -1.16. The smallest absolute Gasteiger partial charge is 0.230 e. The fourth-order valence-electron chi connectivity index (χ4n) is 7.01. The lowest BCUT2D eigenvalue weighted by Crippen LogP contribution is -2.71. The van der Waals surface area contributed by atoms with Crippen molar-refractivity contribution in [2.24, 2.45) is 23.5 Å². The van der Waals surface area contributed by atoms with Crippen LogP contribution in [0.15, 0.2) is 41.7 Å². The molecule has 5 rings (SSSR count). The third kappa shape index (κ3) is 3.53. The molecule has 2 aromatic carbocycles. The highest BCUT2D eigenvalue weighted by Gasteiger charge is 2.66. The molecular weight excluding hydrogens is 488 g/mol. The van der Waals surface area contributed by atoms with Crippen LogP contribution < -0.4 is 5.73 Å². The lowest BCUT2D eigenvalue weighted by atomic mass is 9.55. The van der Waals surface area contributed by atoms with E-state index in [1.807, 2.05) is 32.0 Å². The Balaban J connectivity index is 1.72. The van der Waals surface area contributed by atoms with Gasteiger partial charge in [-0.1, -0.05) is 35.4 Å². The Morgan fingerprint density at radius 3 is 2.29 bits per heavy atom. The number of fused-ring (bicyclic) bond motifs is 3. The molecule has 9 heteroatoms. The van der Waals surface area contributed by atoms with Crippen molar-refractivity contribution in [2.75, 3.05) is 14.1 Å². The molecule has 38 heavy (non-hydrogen) atoms. The topological polar surface area (TPSA) is 161 Å². The van der Waals surface area contributed by atoms with Gasteiger partial charge in [0.2, 0.25) is 5.91 Å². The summed E-state index contributed by atoms with van der Waals surface area (Å²) in [6, 6.07) is 8.31. The third-order valence-corrected chi connectivity index (χ3v) is 8.51. The van der Waals surface area contributed by atoms with Gasteiger partial charge in [-0.25, -0.2) is 0 Å². The van der Waals surface area contributed by atoms with Crippen LogP contribution in [-0.2, 0) is 16.0 Å². The van der Waals surface area contributed by atoms with Gasteiger partial charge < -0.3 is 31.1 Å². The molecule has 9 nitrogen and oxygen atoms in total. The van der Waals surface area contributed by atoms with E-state index in [-0.39, 0.29) is 29.7 Å². The lowest BCUT2D eigenvalue weighted by Gasteiger charge is -2.53. The van der Waals surface area contributed by atoms with Crippen molar-refractivity contribution in [2.45, 2.75) is 44.4 Å². The molecule has 0 aliphatic heterocycles. The van der Waals surface area contributed by atoms with Crippen molar-refractivity contribution in [3.63, 3.8) is 0 Å². The molecule has 2 aromatic rings. The minimum atomic E-state index is -2.59. The van der Waals surface area contributed by atoms with Gasteiger partial charge in [0.1, 0.15) is 17.4 Å². The van der Waals surface area contributed by atoms with E-state index in [0.29, 0.717) is 5.56 Å². The molecule has 0 spiro atoms. The summed E-state index contributed by atoms with van der Waals surface area (Å²) in [7, 11) is 3.27. The number of benzene rings is 2. The maximum absolute atomic E-state index is 13.9. The number of rotatable bonds is 3. The first-order valence-corrected chi connectivity index (χ1v) is 12.6. The van der Waals surface area contributed by atoms with Crippen LogP contribution in [0.4, 0.5) is 0 Å². The third-order valence-electron chi connectivity index (χ3n) is 8.51. The van der Waals surface area contributed by atoms with Crippen LogP contribution in [0.25, 0.3) is 11.1 Å². The van der Waals surface area contributed by atoms with Crippen LogP contribution >= 0.6 is 0 Å². The number of carbonyl (C=O) groups is 3. The van der Waals surface area contributed by atoms with E-state index in [2.05, 4.69) is 0 Å². The van der Waals surface area contributed by atoms with E-state index in [4.69, 9.17) is 5.73 Å². The number of hydrogen-bond donors (Lipinski definition) is 5. The van der Waals surface area contributed by atoms with E-state index in [0.717, 1.165) is 22.3 Å². The molecule has 6 N–H and O–H groups in total. The minimum absolute atomic E-state index is 0.0143. The van der Waals surface area contributed by atoms with Gasteiger partial charge in [0, 0.05) is 17.5 Å². The zero-order valence-electron chi connectivity index (χ0n) is 21.7. The van der Waals surface area contributed by atoms with Crippen LogP contribution in [0.2, 0.25) is 0 Å². The van der Waals surface area contributed by atoms with E-state index < -0.39 is 58.7 Å². The molecule has 0 saturated heterocycles. The predicted octanol–water partition coefficient (Wildman–Crippen LogP) is 1.57. The van der Waals surface area contributed by atoms with Gasteiger partial charge in [0.25, 0.3) is 0 Å². The summed E-state index contributed by atoms with van der Waals surface area (Å²) in [5.74, 6) is -7.41. The largest absolute Gasteiger partial charge is 0.508 e. The number of aryl methyl sites for hydroxylation is 2. The Labute approximate surface area is 220 Å². The number of aromatic hydroxyl groups is 1. The number of primary amides is 1. The fraction of sp³-hybridized carbons (Fsp3) is 0.414. The van der Waals surface area contributed by atoms with E-state index >= 15 is 0 Å². The van der Waals surface area contributed by atoms with Gasteiger partial charge in [-0.3, -0.25) is 14.4 Å². The highest BCUT2D eigenvalue weighted by Crippen LogP contribution is 2.53. The Bertz CT molecular complexity index is 1410. The average molecular weight is 521 g/mol. The maximum Gasteiger partial charge on any atom is 0.230 e. The van der Waals surface area contributed by atoms with Gasteiger partial charge in [-0.15, -0.1) is 0 Å². The number of ketones is 2. The molecule has 1 amide bonds. The Kier molecular flexibility index (Phi) is 6.01. The molecule has 0 heterocycles. The molecule has 6 atom stereocenters. The monoisotopic (exact) mass is 520 g/mol. The summed E-state index contributed by atoms with van der Waals surface area (Å²) < 4.78 is 0. The summed E-state index contributed by atoms with van der Waals surface area (Å²) >= 11 is 0. The summed E-state index contributed by atoms with van der Waals surface area (Å²) in [5.41, 5.74) is 7.04. The maximum atomic E-state index is 13.9. The molecule has 1 saturated carbocycles. The molecule has 3 aliphatic carbocycles. The first-order valence-electron chi connectivity index (χ1n) is 12.6. The molecule has 0 aromatic heterocycles. The molecule has 0 bridgehead atoms. The number of carbonyl (C=O) groups excluding carboxylic acids is 3. The van der Waals surface area contributed by atoms with E-state index in [1.54, 1.807) is 25.1 Å². The predicted molar refractivity (Wildman–Crippen MR) is 138 cm³/mol. The van der Waals surface area contributed by atoms with Gasteiger partial charge in [-0.05, 0) is 69.5 Å². The van der Waals surface area contributed by atoms with Crippen molar-refractivity contribution in [3.8, 4) is 16.9 Å². The first-order chi connectivity index (χ1) is 17.8. The van der Waals surface area contributed by atoms with E-state index in [9.17, 15) is 34.8 Å². The van der Waals surface area contributed by atoms with Crippen LogP contribution in [0.3, 0.4) is 0 Å². The second-order valence-electron chi connectivity index (χ2n) is 11.2. The number of allylic oxidation sites excluding steroid dienone is 1. The van der Waals surface area contributed by atoms with Gasteiger partial charge >= 0.3 is 0 Å². The van der Waals surface area contributed by atoms with Crippen molar-refractivity contribution < 1.29 is 34.8 Å². The number of aliphatic hydroxyl groups is 3. The highest BCUT2D eigenvalue weighted by atomic mass is 16.3. The number of phenols is 1. The number of aliphatic hydroxyl groups excluding tert-OH is 2. The number of nitrogens with two attached hydrogens (primary N) is 1. The Morgan fingerprint density at radius 1 is 1.08 bits per heavy atom. The van der Waals surface area contributed by atoms with Crippen molar-refractivity contribution >= 4 is 17.5 Å². The van der Waals surface area contributed by atoms with Gasteiger partial charge in [0.05, 0.1) is 11.7 Å². The zero-order valence-corrected chi connectivity index (χ0v) is 21.7. The molecule has 0 radical (unpaired) electrons. The second kappa shape index (κ2) is 8.76. The summed E-state index contributed by atoms with van der Waals surface area (Å²) in [4.78, 5) is 41.0. The molecule has 200 valence electrons. The van der Waals surface area contributed by atoms with Crippen LogP contribution in [0.5, 0.6) is 5.75 Å². The minimum Gasteiger partial charge on any atom is -0.508 e. The SMILES string of the molecule is Cc1cc(C)cc(-c2ccc(O)c3c2C[C@H]2C[C@H]4[C@H](N(C)C)C(O)C(C(N)=O)C(=O)[C@@]4(O)C(O)=C2C3=O)c1. The van der Waals surface area contributed by atoms with Gasteiger partial charge in [0.15, 0.2) is 17.2 Å². The first kappa shape index (κ1) is 26.1. The molecular formula is C29H32N2O7. The number of amides is 1. The van der Waals surface area contributed by atoms with Crippen LogP contribution in [0.1, 0.15) is 33.5 Å². The number of Topliss-reactive ketones (excluding diaryl/α,β-unsaturated/α-hetero) is 2. The molecule has 3 aliphatic rings. The highest BCUT2D eigenvalue weighted by molar-refractivity contribution is 6.16. The summed E-state index contributed by atoms with van der Waals surface area (Å²) in [6.45, 7) is 3.95. The van der Waals surface area contributed by atoms with E-state index in [1.165, 1.54) is 6.07 Å². The van der Waals surface area contributed by atoms with Crippen LogP contribution in [-0.4, -0.2) is 74.6 Å². The second-order valence-corrected chi connectivity index (χ2v) is 11.2. The van der Waals surface area contributed by atoms with Crippen molar-refractivity contribution in [1.29, 1.82) is 0 Å². The number of likely N-dealkylation sites (N-methyl/N-ethyl adjacent to an activating group) is 1. The quantitative estimate of drug-likeness (QED) is 0.381. The van der Waals surface area contributed by atoms with Crippen LogP contribution in [0, 0.1) is 31.6 Å². The van der Waals surface area contributed by atoms with Crippen molar-refractivity contribution in [3.05, 3.63) is 63.9 Å². The lowest BCUT2D eigenvalue weighted by molar-refractivity contribution is -0.178. The van der Waals surface area contributed by atoms with Crippen molar-refractivity contribution in [1.82, 2.24) is 4.90 Å². The standard InChI is InChI=1S/C29H32N2O7/c1-12-7-13(2)9-14(8-12)16-5-6-19(32)21-17(16)10-15-11-18-23(31(3)4)25(34)22(28(30)37)27(36)29(18,38)26(35)20(15)24(21)33/h5-9,15,18,22-23,25,32,34-35,38H,10-11H2,1-4H3,(H2,30,37)/t15-,18-,22?,23-,25?,29-/m0/s1. The fourth-order valence-corrected chi connectivity index (χ4v) is 7.01. The average Bonchev–Trinajstić information content (AvgIpc) is 2.80. The molecule has 1 fully saturated rings. The Hall–Kier alpha value is -3.53. The normalized spacial score (nSPS) is 30.7. The number of nitrogens with zero attached hydrogens (tertiary/aromatic N) is 1. The Morgan fingerprint density at radius 2 is 1.71 bits per heavy atom. The number of hydrogen-bond acceptors (Lipinski definition) is 8. The summed E-state index contributed by atoms with van der Waals surface area (Å²) in [5, 5.41) is 44.9.